The Balaban J connectivity index is 1.00. The zero-order chi connectivity index (χ0) is 37.1. The average molecular weight is 736 g/mol. The van der Waals surface area contributed by atoms with Crippen LogP contribution in [0.1, 0.15) is 65.1 Å². The van der Waals surface area contributed by atoms with Crippen LogP contribution < -0.4 is 0 Å². The summed E-state index contributed by atoms with van der Waals surface area (Å²) in [5.74, 6) is 2.29. The quantitative estimate of drug-likeness (QED) is 0.180. The van der Waals surface area contributed by atoms with Crippen molar-refractivity contribution in [2.24, 2.45) is 0 Å². The molecule has 2 atom stereocenters. The number of hydrogen-bond acceptors (Lipinski definition) is 4. The lowest BCUT2D eigenvalue weighted by molar-refractivity contribution is 0.660. The number of benzene rings is 6. The number of fused-ring (bicyclic) bond motifs is 6. The first-order valence-corrected chi connectivity index (χ1v) is 20.6. The molecule has 6 aromatic carbocycles. The van der Waals surface area contributed by atoms with Crippen LogP contribution in [-0.4, -0.2) is 20.2 Å². The Morgan fingerprint density at radius 3 is 2.34 bits per heavy atom. The zero-order valence-electron chi connectivity index (χ0n) is 31.3. The second-order valence-electron chi connectivity index (χ2n) is 16.2. The van der Waals surface area contributed by atoms with E-state index in [9.17, 15) is 0 Å². The Morgan fingerprint density at radius 1 is 0.643 bits per heavy atom. The molecule has 4 aliphatic carbocycles. The molecule has 0 spiro atoms. The zero-order valence-corrected chi connectivity index (χ0v) is 32.1. The molecule has 0 bridgehead atoms. The van der Waals surface area contributed by atoms with Gasteiger partial charge in [-0.3, -0.25) is 0 Å². The molecule has 7 aromatic rings. The molecule has 3 nitrogen and oxygen atoms in total. The van der Waals surface area contributed by atoms with Crippen LogP contribution in [-0.2, 0) is 11.8 Å². The van der Waals surface area contributed by atoms with Crippen LogP contribution in [0.25, 0.3) is 73.3 Å². The summed E-state index contributed by atoms with van der Waals surface area (Å²) in [4.78, 5) is 17.1. The van der Waals surface area contributed by atoms with Crippen LogP contribution in [0, 0.1) is 0 Å². The SMILES string of the molecule is CC1(C)c2ccccc2-c2ccc(-c3nc(-c4ccccc4)nc(-c4cccc5c4C4C=C(c6ccc7c8c9c(ccc68)C=CCC9=CC7)C=CC4S5)n3)cc21. The molecule has 12 rings (SSSR count). The molecule has 4 heteroatoms. The van der Waals surface area contributed by atoms with Crippen LogP contribution >= 0.6 is 11.8 Å². The largest absolute Gasteiger partial charge is 0.208 e. The van der Waals surface area contributed by atoms with Crippen LogP contribution in [0.15, 0.2) is 151 Å². The molecule has 56 heavy (non-hydrogen) atoms. The van der Waals surface area contributed by atoms with E-state index in [-0.39, 0.29) is 11.3 Å². The van der Waals surface area contributed by atoms with Gasteiger partial charge in [-0.05, 0) is 97.0 Å². The Kier molecular flexibility index (Phi) is 6.86. The van der Waals surface area contributed by atoms with E-state index in [0.717, 1.165) is 35.4 Å². The highest BCUT2D eigenvalue weighted by atomic mass is 32.2. The summed E-state index contributed by atoms with van der Waals surface area (Å²) in [5.41, 5.74) is 17.8. The van der Waals surface area contributed by atoms with Crippen molar-refractivity contribution in [1.82, 2.24) is 15.0 Å². The van der Waals surface area contributed by atoms with Gasteiger partial charge in [0.15, 0.2) is 17.5 Å². The maximum Gasteiger partial charge on any atom is 0.164 e. The third-order valence-electron chi connectivity index (χ3n) is 12.7. The van der Waals surface area contributed by atoms with Crippen molar-refractivity contribution in [1.29, 1.82) is 0 Å². The number of thioether (sulfide) groups is 1. The molecule has 5 aliphatic rings. The Morgan fingerprint density at radius 2 is 1.43 bits per heavy atom. The third kappa shape index (κ3) is 4.69. The average Bonchev–Trinajstić information content (AvgIpc) is 3.74. The van der Waals surface area contributed by atoms with Crippen molar-refractivity contribution in [3.8, 4) is 45.3 Å². The summed E-state index contributed by atoms with van der Waals surface area (Å²) in [6.45, 7) is 4.64. The Bertz CT molecular complexity index is 2980. The smallest absolute Gasteiger partial charge is 0.164 e. The minimum absolute atomic E-state index is 0.122. The molecular weight excluding hydrogens is 699 g/mol. The molecule has 266 valence electrons. The Hall–Kier alpha value is -6.10. The van der Waals surface area contributed by atoms with Crippen molar-refractivity contribution in [3.05, 3.63) is 185 Å². The van der Waals surface area contributed by atoms with Crippen LogP contribution in [0.2, 0.25) is 0 Å². The van der Waals surface area contributed by atoms with Gasteiger partial charge in [0, 0.05) is 38.2 Å². The number of rotatable bonds is 4. The first kappa shape index (κ1) is 32.2. The molecule has 0 N–H and O–H groups in total. The normalized spacial score (nSPS) is 18.9. The van der Waals surface area contributed by atoms with Gasteiger partial charge in [0.05, 0.1) is 0 Å². The van der Waals surface area contributed by atoms with Gasteiger partial charge in [0.1, 0.15) is 0 Å². The molecular formula is C52H37N3S. The fourth-order valence-electron chi connectivity index (χ4n) is 9.99. The van der Waals surface area contributed by atoms with E-state index in [4.69, 9.17) is 15.0 Å². The maximum absolute atomic E-state index is 5.34. The molecule has 1 aromatic heterocycles. The monoisotopic (exact) mass is 735 g/mol. The molecule has 0 saturated heterocycles. The van der Waals surface area contributed by atoms with Gasteiger partial charge in [-0.25, -0.2) is 15.0 Å². The van der Waals surface area contributed by atoms with Gasteiger partial charge < -0.3 is 0 Å². The molecule has 0 radical (unpaired) electrons. The van der Waals surface area contributed by atoms with Gasteiger partial charge in [0.2, 0.25) is 0 Å². The van der Waals surface area contributed by atoms with Crippen molar-refractivity contribution in [2.75, 3.05) is 0 Å². The number of aromatic nitrogens is 3. The second kappa shape index (κ2) is 11.9. The summed E-state index contributed by atoms with van der Waals surface area (Å²) >= 11 is 1.95. The van der Waals surface area contributed by atoms with Gasteiger partial charge in [-0.1, -0.05) is 153 Å². The van der Waals surface area contributed by atoms with Crippen molar-refractivity contribution < 1.29 is 0 Å². The van der Waals surface area contributed by atoms with E-state index in [2.05, 4.69) is 159 Å². The fourth-order valence-corrected chi connectivity index (χ4v) is 11.3. The van der Waals surface area contributed by atoms with E-state index in [0.29, 0.717) is 16.9 Å². The highest BCUT2D eigenvalue weighted by Gasteiger charge is 2.37. The lowest BCUT2D eigenvalue weighted by Crippen LogP contribution is -2.15. The van der Waals surface area contributed by atoms with Crippen LogP contribution in [0.3, 0.4) is 0 Å². The van der Waals surface area contributed by atoms with Crippen molar-refractivity contribution in [3.63, 3.8) is 0 Å². The van der Waals surface area contributed by atoms with Gasteiger partial charge in [-0.2, -0.15) is 0 Å². The summed E-state index contributed by atoms with van der Waals surface area (Å²) in [5, 5.41) is 3.10. The molecule has 0 saturated carbocycles. The molecule has 2 unspecified atom stereocenters. The highest BCUT2D eigenvalue weighted by molar-refractivity contribution is 8.00. The predicted molar refractivity (Wildman–Crippen MR) is 232 cm³/mol. The number of allylic oxidation sites excluding steroid dienone is 6. The molecule has 1 aliphatic heterocycles. The van der Waals surface area contributed by atoms with Crippen LogP contribution in [0.4, 0.5) is 0 Å². The maximum atomic E-state index is 5.34. The van der Waals surface area contributed by atoms with Gasteiger partial charge in [-0.15, -0.1) is 11.8 Å². The van der Waals surface area contributed by atoms with E-state index in [1.54, 1.807) is 0 Å². The standard InChI is InChI=1S/C52H37N3S/c1-52(2)42-16-7-6-14-37(42)38-25-22-35(29-43(38)52)50-53-49(33-10-4-3-5-11-33)54-51(55-50)40-15-9-17-45-48(40)41-28-34(23-27-44(41)56-45)36-24-20-32-19-18-30-12-8-13-31-21-26-39(36)47(32)46(30)31/h3-11,13-18,20-29,41,44H,12,19H2,1-2H3. The summed E-state index contributed by atoms with van der Waals surface area (Å²) < 4.78 is 0. The van der Waals surface area contributed by atoms with E-state index in [1.165, 1.54) is 76.9 Å². The minimum atomic E-state index is -0.122. The second-order valence-corrected chi connectivity index (χ2v) is 17.4. The van der Waals surface area contributed by atoms with Gasteiger partial charge in [0.25, 0.3) is 0 Å². The highest BCUT2D eigenvalue weighted by Crippen LogP contribution is 2.54. The predicted octanol–water partition coefficient (Wildman–Crippen LogP) is 12.9. The first-order chi connectivity index (χ1) is 27.5. The Labute approximate surface area is 331 Å². The third-order valence-corrected chi connectivity index (χ3v) is 14.1. The molecule has 0 amide bonds. The summed E-state index contributed by atoms with van der Waals surface area (Å²) in [6.07, 6.45) is 16.3. The topological polar surface area (TPSA) is 38.7 Å². The number of hydrogen-bond donors (Lipinski definition) is 0. The van der Waals surface area contributed by atoms with E-state index < -0.39 is 0 Å². The molecule has 2 heterocycles. The lowest BCUT2D eigenvalue weighted by Gasteiger charge is -2.26. The van der Waals surface area contributed by atoms with Gasteiger partial charge >= 0.3 is 0 Å². The van der Waals surface area contributed by atoms with E-state index in [1.807, 2.05) is 17.8 Å². The van der Waals surface area contributed by atoms with E-state index >= 15 is 0 Å². The van der Waals surface area contributed by atoms with Crippen molar-refractivity contribution in [2.45, 2.75) is 48.2 Å². The molecule has 0 fully saturated rings. The van der Waals surface area contributed by atoms with Crippen molar-refractivity contribution >= 4 is 39.8 Å². The first-order valence-electron chi connectivity index (χ1n) is 19.7. The minimum Gasteiger partial charge on any atom is -0.208 e. The lowest BCUT2D eigenvalue weighted by atomic mass is 9.78. The van der Waals surface area contributed by atoms with Crippen LogP contribution in [0.5, 0.6) is 0 Å². The number of nitrogens with zero attached hydrogens (tertiary/aromatic N) is 3. The summed E-state index contributed by atoms with van der Waals surface area (Å²) in [6, 6.07) is 41.9. The fraction of sp³-hybridized carbons (Fsp3) is 0.135. The summed E-state index contributed by atoms with van der Waals surface area (Å²) in [7, 11) is 0.